The number of aryl methyl sites for hydroxylation is 2. The fraction of sp³-hybridized carbons (Fsp3) is 0.394. The van der Waals surface area contributed by atoms with Crippen molar-refractivity contribution in [2.24, 2.45) is 5.73 Å². The molecule has 3 aromatic carbocycles. The number of alkyl carbamates (subject to hydrolysis) is 1. The van der Waals surface area contributed by atoms with Gasteiger partial charge in [-0.1, -0.05) is 48.5 Å². The van der Waals surface area contributed by atoms with Crippen molar-refractivity contribution < 1.29 is 23.9 Å². The molecule has 0 aliphatic heterocycles. The molecule has 1 saturated carbocycles. The van der Waals surface area contributed by atoms with Crippen molar-refractivity contribution in [1.82, 2.24) is 10.2 Å². The lowest BCUT2D eigenvalue weighted by Gasteiger charge is -2.43. The molecule has 222 valence electrons. The molecule has 0 heterocycles. The Hall–Kier alpha value is -4.40. The zero-order valence-electron chi connectivity index (χ0n) is 24.9. The summed E-state index contributed by atoms with van der Waals surface area (Å²) >= 11 is 0. The monoisotopic (exact) mass is 572 g/mol. The molecular formula is C33H40N4O5. The number of rotatable bonds is 9. The van der Waals surface area contributed by atoms with Gasteiger partial charge < -0.3 is 26.0 Å². The molecule has 9 nitrogen and oxygen atoms in total. The van der Waals surface area contributed by atoms with Crippen molar-refractivity contribution in [2.45, 2.75) is 84.0 Å². The summed E-state index contributed by atoms with van der Waals surface area (Å²) in [6.07, 6.45) is 0.977. The number of nitrogens with zero attached hydrogens (tertiary/aromatic N) is 1. The van der Waals surface area contributed by atoms with Crippen LogP contribution in [0.2, 0.25) is 0 Å². The molecule has 1 aliphatic rings. The number of anilines is 1. The average molecular weight is 573 g/mol. The molecule has 0 bridgehead atoms. The number of benzene rings is 3. The molecule has 0 aromatic heterocycles. The van der Waals surface area contributed by atoms with Gasteiger partial charge >= 0.3 is 6.09 Å². The second-order valence-electron chi connectivity index (χ2n) is 12.0. The molecule has 1 fully saturated rings. The molecule has 9 heteroatoms. The lowest BCUT2D eigenvalue weighted by atomic mass is 9.87. The van der Waals surface area contributed by atoms with E-state index < -0.39 is 47.9 Å². The van der Waals surface area contributed by atoms with E-state index in [4.69, 9.17) is 10.5 Å². The molecule has 0 spiro atoms. The summed E-state index contributed by atoms with van der Waals surface area (Å²) in [5, 5.41) is 7.56. The summed E-state index contributed by atoms with van der Waals surface area (Å²) < 4.78 is 5.36. The third-order valence-electron chi connectivity index (χ3n) is 7.51. The van der Waals surface area contributed by atoms with Crippen molar-refractivity contribution in [1.29, 1.82) is 0 Å². The first-order chi connectivity index (χ1) is 19.8. The van der Waals surface area contributed by atoms with E-state index in [1.54, 1.807) is 20.8 Å². The molecule has 4 rings (SSSR count). The highest BCUT2D eigenvalue weighted by Crippen LogP contribution is 2.35. The quantitative estimate of drug-likeness (QED) is 0.321. The highest BCUT2D eigenvalue weighted by molar-refractivity contribution is 6.01. The topological polar surface area (TPSA) is 131 Å². The standard InChI is InChI=1S/C33H40N4O5/c1-20-13-14-24(17-21(20)2)29(30(39)35-25-16-15-22-9-6-7-10-23(22)18-25)37(26-11-8-12-26)31(40)27(19-28(34)38)36-32(41)42-33(3,4)5/h6-7,9-10,13-18,26-27,29H,8,11-12,19H2,1-5H3,(H2,34,38)(H,35,39)(H,36,41). The number of ether oxygens (including phenoxy) is 1. The Kier molecular flexibility index (Phi) is 9.19. The molecule has 3 aromatic rings. The van der Waals surface area contributed by atoms with Gasteiger partial charge in [-0.15, -0.1) is 0 Å². The van der Waals surface area contributed by atoms with Gasteiger partial charge in [0.25, 0.3) is 5.91 Å². The number of carbonyl (C=O) groups is 4. The van der Waals surface area contributed by atoms with Crippen LogP contribution in [-0.2, 0) is 19.1 Å². The van der Waals surface area contributed by atoms with E-state index in [2.05, 4.69) is 10.6 Å². The number of carbonyl (C=O) groups excluding carboxylic acids is 4. The summed E-state index contributed by atoms with van der Waals surface area (Å²) in [5.41, 5.74) is 7.93. The van der Waals surface area contributed by atoms with Gasteiger partial charge in [-0.05, 0) is 93.5 Å². The molecule has 2 unspecified atom stereocenters. The molecule has 4 amide bonds. The van der Waals surface area contributed by atoms with Crippen LogP contribution < -0.4 is 16.4 Å². The van der Waals surface area contributed by atoms with Crippen LogP contribution in [0.5, 0.6) is 0 Å². The van der Waals surface area contributed by atoms with Crippen LogP contribution in [0.25, 0.3) is 10.8 Å². The van der Waals surface area contributed by atoms with Crippen LogP contribution in [0.1, 0.15) is 69.2 Å². The SMILES string of the molecule is Cc1ccc(C(C(=O)Nc2ccc3ccccc3c2)N(C(=O)C(CC(N)=O)NC(=O)OC(C)(C)C)C2CCC2)cc1C. The lowest BCUT2D eigenvalue weighted by Crippen LogP contribution is -2.57. The second-order valence-corrected chi connectivity index (χ2v) is 12.0. The van der Waals surface area contributed by atoms with Gasteiger partial charge in [0.1, 0.15) is 17.7 Å². The third-order valence-corrected chi connectivity index (χ3v) is 7.51. The molecule has 4 N–H and O–H groups in total. The summed E-state index contributed by atoms with van der Waals surface area (Å²) in [4.78, 5) is 54.7. The van der Waals surface area contributed by atoms with Gasteiger partial charge in [0.05, 0.1) is 6.42 Å². The van der Waals surface area contributed by atoms with Crippen LogP contribution >= 0.6 is 0 Å². The number of amides is 4. The number of nitrogens with one attached hydrogen (secondary N) is 2. The minimum Gasteiger partial charge on any atom is -0.444 e. The van der Waals surface area contributed by atoms with Crippen molar-refractivity contribution in [3.8, 4) is 0 Å². The van der Waals surface area contributed by atoms with Gasteiger partial charge in [0.2, 0.25) is 11.8 Å². The van der Waals surface area contributed by atoms with Crippen molar-refractivity contribution in [2.75, 3.05) is 5.32 Å². The zero-order chi connectivity index (χ0) is 30.6. The maximum atomic E-state index is 14.3. The van der Waals surface area contributed by atoms with Crippen molar-refractivity contribution >= 4 is 40.3 Å². The Bertz CT molecular complexity index is 1490. The van der Waals surface area contributed by atoms with E-state index in [-0.39, 0.29) is 6.04 Å². The van der Waals surface area contributed by atoms with Gasteiger partial charge in [-0.2, -0.15) is 0 Å². The summed E-state index contributed by atoms with van der Waals surface area (Å²) in [5.74, 6) is -1.73. The van der Waals surface area contributed by atoms with E-state index in [0.717, 1.165) is 28.3 Å². The van der Waals surface area contributed by atoms with Crippen molar-refractivity contribution in [3.63, 3.8) is 0 Å². The molecule has 42 heavy (non-hydrogen) atoms. The first kappa shape index (κ1) is 30.6. The number of hydrogen-bond acceptors (Lipinski definition) is 5. The molecule has 0 radical (unpaired) electrons. The zero-order valence-corrected chi connectivity index (χ0v) is 24.9. The third kappa shape index (κ3) is 7.46. The highest BCUT2D eigenvalue weighted by atomic mass is 16.6. The number of hydrogen-bond donors (Lipinski definition) is 3. The maximum absolute atomic E-state index is 14.3. The average Bonchev–Trinajstić information content (AvgIpc) is 2.87. The van der Waals surface area contributed by atoms with Gasteiger partial charge in [0, 0.05) is 11.7 Å². The van der Waals surface area contributed by atoms with Gasteiger partial charge in [0.15, 0.2) is 0 Å². The molecule has 1 aliphatic carbocycles. The number of nitrogens with two attached hydrogens (primary N) is 1. The second kappa shape index (κ2) is 12.6. The first-order valence-electron chi connectivity index (χ1n) is 14.3. The fourth-order valence-corrected chi connectivity index (χ4v) is 5.06. The largest absolute Gasteiger partial charge is 0.444 e. The fourth-order valence-electron chi connectivity index (χ4n) is 5.06. The van der Waals surface area contributed by atoms with E-state index in [0.29, 0.717) is 24.1 Å². The van der Waals surface area contributed by atoms with E-state index in [1.165, 1.54) is 4.90 Å². The van der Waals surface area contributed by atoms with Crippen LogP contribution in [0.4, 0.5) is 10.5 Å². The lowest BCUT2D eigenvalue weighted by molar-refractivity contribution is -0.146. The maximum Gasteiger partial charge on any atom is 0.408 e. The predicted molar refractivity (Wildman–Crippen MR) is 163 cm³/mol. The first-order valence-corrected chi connectivity index (χ1v) is 14.3. The Morgan fingerprint density at radius 2 is 1.64 bits per heavy atom. The summed E-state index contributed by atoms with van der Waals surface area (Å²) in [6.45, 7) is 9.03. The Balaban J connectivity index is 1.74. The predicted octanol–water partition coefficient (Wildman–Crippen LogP) is 5.29. The highest BCUT2D eigenvalue weighted by Gasteiger charge is 2.42. The minimum absolute atomic E-state index is 0.262. The van der Waals surface area contributed by atoms with Crippen molar-refractivity contribution in [3.05, 3.63) is 77.4 Å². The Morgan fingerprint density at radius 1 is 0.952 bits per heavy atom. The van der Waals surface area contributed by atoms with Crippen LogP contribution in [0, 0.1) is 13.8 Å². The molecule has 0 saturated heterocycles. The summed E-state index contributed by atoms with van der Waals surface area (Å²) in [6, 6.07) is 16.6. The van der Waals surface area contributed by atoms with Gasteiger partial charge in [-0.3, -0.25) is 14.4 Å². The normalized spacial score (nSPS) is 14.8. The number of primary amides is 1. The van der Waals surface area contributed by atoms with E-state index in [9.17, 15) is 19.2 Å². The summed E-state index contributed by atoms with van der Waals surface area (Å²) in [7, 11) is 0. The molecule has 2 atom stereocenters. The van der Waals surface area contributed by atoms with Crippen LogP contribution in [0.3, 0.4) is 0 Å². The Morgan fingerprint density at radius 3 is 2.24 bits per heavy atom. The smallest absolute Gasteiger partial charge is 0.408 e. The van der Waals surface area contributed by atoms with Crippen LogP contribution in [-0.4, -0.2) is 46.4 Å². The van der Waals surface area contributed by atoms with E-state index in [1.807, 2.05) is 74.5 Å². The van der Waals surface area contributed by atoms with Gasteiger partial charge in [-0.25, -0.2) is 4.79 Å². The van der Waals surface area contributed by atoms with E-state index >= 15 is 0 Å². The number of fused-ring (bicyclic) bond motifs is 1. The molecular weight excluding hydrogens is 532 g/mol. The van der Waals surface area contributed by atoms with Crippen LogP contribution in [0.15, 0.2) is 60.7 Å². The minimum atomic E-state index is -1.31. The Labute approximate surface area is 246 Å².